The normalized spacial score (nSPS) is 17.0. The third kappa shape index (κ3) is 4.80. The SMILES string of the molecule is Cc1ccccc1/C=N/N=C1\S/C(=C\c2ccc(Br)cc2)C(=O)N1Cc1ccco1. The van der Waals surface area contributed by atoms with E-state index in [9.17, 15) is 4.79 Å². The Balaban J connectivity index is 1.62. The first-order valence-electron chi connectivity index (χ1n) is 9.26. The summed E-state index contributed by atoms with van der Waals surface area (Å²) in [5.41, 5.74) is 3.04. The summed E-state index contributed by atoms with van der Waals surface area (Å²) >= 11 is 4.74. The zero-order chi connectivity index (χ0) is 20.9. The smallest absolute Gasteiger partial charge is 0.267 e. The highest BCUT2D eigenvalue weighted by molar-refractivity contribution is 9.10. The van der Waals surface area contributed by atoms with E-state index >= 15 is 0 Å². The third-order valence-electron chi connectivity index (χ3n) is 4.48. The molecule has 7 heteroatoms. The van der Waals surface area contributed by atoms with E-state index in [0.29, 0.717) is 22.4 Å². The van der Waals surface area contributed by atoms with Crippen molar-refractivity contribution in [2.24, 2.45) is 10.2 Å². The van der Waals surface area contributed by atoms with E-state index in [1.54, 1.807) is 23.4 Å². The van der Waals surface area contributed by atoms with Crippen LogP contribution in [0.3, 0.4) is 0 Å². The molecule has 1 amide bonds. The number of thioether (sulfide) groups is 1. The van der Waals surface area contributed by atoms with Crippen LogP contribution in [0.4, 0.5) is 0 Å². The molecule has 0 saturated carbocycles. The first-order valence-corrected chi connectivity index (χ1v) is 10.9. The van der Waals surface area contributed by atoms with Crippen molar-refractivity contribution in [3.05, 3.63) is 98.8 Å². The average Bonchev–Trinajstić information content (AvgIpc) is 3.35. The first-order chi connectivity index (χ1) is 14.6. The maximum atomic E-state index is 13.1. The second-order valence-corrected chi connectivity index (χ2v) is 8.54. The zero-order valence-corrected chi connectivity index (χ0v) is 18.6. The largest absolute Gasteiger partial charge is 0.467 e. The molecule has 1 aliphatic heterocycles. The van der Waals surface area contributed by atoms with Crippen LogP contribution >= 0.6 is 27.7 Å². The van der Waals surface area contributed by atoms with Gasteiger partial charge in [0, 0.05) is 4.47 Å². The Bertz CT molecular complexity index is 1140. The van der Waals surface area contributed by atoms with Gasteiger partial charge in [-0.15, -0.1) is 5.10 Å². The summed E-state index contributed by atoms with van der Waals surface area (Å²) in [7, 11) is 0. The molecule has 2 heterocycles. The number of hydrogen-bond donors (Lipinski definition) is 0. The molecular weight excluding hydrogens is 462 g/mol. The molecular formula is C23H18BrN3O2S. The van der Waals surface area contributed by atoms with E-state index < -0.39 is 0 Å². The summed E-state index contributed by atoms with van der Waals surface area (Å²) in [5, 5.41) is 9.10. The van der Waals surface area contributed by atoms with Crippen LogP contribution < -0.4 is 0 Å². The predicted molar refractivity (Wildman–Crippen MR) is 125 cm³/mol. The lowest BCUT2D eigenvalue weighted by Gasteiger charge is -2.12. The van der Waals surface area contributed by atoms with Gasteiger partial charge in [-0.1, -0.05) is 52.3 Å². The molecule has 5 nitrogen and oxygen atoms in total. The van der Waals surface area contributed by atoms with Crippen molar-refractivity contribution in [3.63, 3.8) is 0 Å². The van der Waals surface area contributed by atoms with E-state index in [-0.39, 0.29) is 5.91 Å². The number of nitrogens with zero attached hydrogens (tertiary/aromatic N) is 3. The van der Waals surface area contributed by atoms with Crippen LogP contribution in [0.1, 0.15) is 22.5 Å². The third-order valence-corrected chi connectivity index (χ3v) is 6.00. The van der Waals surface area contributed by atoms with Crippen molar-refractivity contribution < 1.29 is 9.21 Å². The second-order valence-electron chi connectivity index (χ2n) is 6.62. The monoisotopic (exact) mass is 479 g/mol. The molecule has 0 aliphatic carbocycles. The van der Waals surface area contributed by atoms with Crippen LogP contribution in [0.2, 0.25) is 0 Å². The van der Waals surface area contributed by atoms with Crippen LogP contribution in [-0.2, 0) is 11.3 Å². The molecule has 0 radical (unpaired) electrons. The van der Waals surface area contributed by atoms with Crippen molar-refractivity contribution >= 4 is 51.1 Å². The Kier molecular flexibility index (Phi) is 6.30. The fourth-order valence-electron chi connectivity index (χ4n) is 2.86. The molecule has 0 N–H and O–H groups in total. The lowest BCUT2D eigenvalue weighted by atomic mass is 10.1. The maximum Gasteiger partial charge on any atom is 0.267 e. The molecule has 1 aliphatic rings. The minimum absolute atomic E-state index is 0.121. The standard InChI is InChI=1S/C23H18BrN3O2S/c1-16-5-2-3-6-18(16)14-25-26-23-27(15-20-7-4-12-29-20)22(28)21(30-23)13-17-8-10-19(24)11-9-17/h2-14H,15H2,1H3/b21-13-,25-14+,26-23-. The Labute approximate surface area is 187 Å². The molecule has 1 aromatic heterocycles. The van der Waals surface area contributed by atoms with Crippen molar-refractivity contribution in [2.75, 3.05) is 0 Å². The van der Waals surface area contributed by atoms with Crippen molar-refractivity contribution in [1.29, 1.82) is 0 Å². The number of carbonyl (C=O) groups excluding carboxylic acids is 1. The quantitative estimate of drug-likeness (QED) is 0.261. The number of carbonyl (C=O) groups is 1. The number of hydrogen-bond acceptors (Lipinski definition) is 5. The summed E-state index contributed by atoms with van der Waals surface area (Å²) in [6.45, 7) is 2.32. The molecule has 0 unspecified atom stereocenters. The van der Waals surface area contributed by atoms with E-state index in [1.807, 2.05) is 67.6 Å². The lowest BCUT2D eigenvalue weighted by Crippen LogP contribution is -2.28. The lowest BCUT2D eigenvalue weighted by molar-refractivity contribution is -0.122. The van der Waals surface area contributed by atoms with Gasteiger partial charge in [0.2, 0.25) is 0 Å². The highest BCUT2D eigenvalue weighted by Crippen LogP contribution is 2.34. The molecule has 2 aromatic carbocycles. The molecule has 0 atom stereocenters. The summed E-state index contributed by atoms with van der Waals surface area (Å²) < 4.78 is 6.42. The van der Waals surface area contributed by atoms with E-state index in [1.165, 1.54) is 11.8 Å². The van der Waals surface area contributed by atoms with Gasteiger partial charge in [0.1, 0.15) is 5.76 Å². The molecule has 150 valence electrons. The summed E-state index contributed by atoms with van der Waals surface area (Å²) in [6, 6.07) is 19.4. The second kappa shape index (κ2) is 9.28. The van der Waals surface area contributed by atoms with Gasteiger partial charge < -0.3 is 4.42 Å². The van der Waals surface area contributed by atoms with Crippen LogP contribution in [0.5, 0.6) is 0 Å². The number of amidine groups is 1. The van der Waals surface area contributed by atoms with E-state index in [4.69, 9.17) is 4.42 Å². The van der Waals surface area contributed by atoms with Crippen LogP contribution in [0.15, 0.2) is 90.9 Å². The topological polar surface area (TPSA) is 58.2 Å². The Morgan fingerprint density at radius 2 is 1.90 bits per heavy atom. The highest BCUT2D eigenvalue weighted by Gasteiger charge is 2.34. The molecule has 0 bridgehead atoms. The van der Waals surface area contributed by atoms with Crippen molar-refractivity contribution in [2.45, 2.75) is 13.5 Å². The van der Waals surface area contributed by atoms with Gasteiger partial charge in [0.05, 0.1) is 23.9 Å². The van der Waals surface area contributed by atoms with Crippen LogP contribution in [0, 0.1) is 6.92 Å². The van der Waals surface area contributed by atoms with Gasteiger partial charge in [0.15, 0.2) is 5.17 Å². The molecule has 30 heavy (non-hydrogen) atoms. The number of halogens is 1. The average molecular weight is 480 g/mol. The minimum atomic E-state index is -0.121. The maximum absolute atomic E-state index is 13.1. The van der Waals surface area contributed by atoms with Gasteiger partial charge >= 0.3 is 0 Å². The summed E-state index contributed by atoms with van der Waals surface area (Å²) in [6.07, 6.45) is 5.16. The van der Waals surface area contributed by atoms with E-state index in [0.717, 1.165) is 21.2 Å². The summed E-state index contributed by atoms with van der Waals surface area (Å²) in [4.78, 5) is 15.2. The van der Waals surface area contributed by atoms with Gasteiger partial charge in [0.25, 0.3) is 5.91 Å². The number of aryl methyl sites for hydroxylation is 1. The Morgan fingerprint density at radius 1 is 1.10 bits per heavy atom. The van der Waals surface area contributed by atoms with Gasteiger partial charge in [-0.05, 0) is 65.7 Å². The fourth-order valence-corrected chi connectivity index (χ4v) is 4.06. The van der Waals surface area contributed by atoms with E-state index in [2.05, 4.69) is 26.1 Å². The van der Waals surface area contributed by atoms with Crippen molar-refractivity contribution in [1.82, 2.24) is 4.90 Å². The number of amides is 1. The first kappa shape index (κ1) is 20.4. The Hall–Kier alpha value is -2.90. The molecule has 0 spiro atoms. The Morgan fingerprint density at radius 3 is 2.63 bits per heavy atom. The van der Waals surface area contributed by atoms with Gasteiger partial charge in [-0.25, -0.2) is 0 Å². The predicted octanol–water partition coefficient (Wildman–Crippen LogP) is 5.86. The van der Waals surface area contributed by atoms with Gasteiger partial charge in [-0.3, -0.25) is 9.69 Å². The number of furan rings is 1. The minimum Gasteiger partial charge on any atom is -0.467 e. The van der Waals surface area contributed by atoms with Crippen molar-refractivity contribution in [3.8, 4) is 0 Å². The molecule has 1 saturated heterocycles. The molecule has 3 aromatic rings. The highest BCUT2D eigenvalue weighted by atomic mass is 79.9. The number of rotatable bonds is 5. The zero-order valence-electron chi connectivity index (χ0n) is 16.2. The summed E-state index contributed by atoms with van der Waals surface area (Å²) in [5.74, 6) is 0.564. The molecule has 4 rings (SSSR count). The molecule has 1 fully saturated rings. The van der Waals surface area contributed by atoms with Crippen LogP contribution in [-0.4, -0.2) is 22.2 Å². The van der Waals surface area contributed by atoms with Gasteiger partial charge in [-0.2, -0.15) is 5.10 Å². The number of benzene rings is 2. The fraction of sp³-hybridized carbons (Fsp3) is 0.0870. The van der Waals surface area contributed by atoms with Crippen LogP contribution in [0.25, 0.3) is 6.08 Å².